The van der Waals surface area contributed by atoms with Crippen LogP contribution in [0.15, 0.2) is 49.2 Å². The second-order valence-electron chi connectivity index (χ2n) is 8.33. The summed E-state index contributed by atoms with van der Waals surface area (Å²) in [6.45, 7) is 3.40. The zero-order chi connectivity index (χ0) is 24.5. The minimum atomic E-state index is -0.750. The Morgan fingerprint density at radius 1 is 1.18 bits per heavy atom. The molecule has 10 nitrogen and oxygen atoms in total. The van der Waals surface area contributed by atoms with Crippen molar-refractivity contribution in [2.45, 2.75) is 25.8 Å². The molecule has 0 aliphatic carbocycles. The third kappa shape index (κ3) is 4.59. The van der Waals surface area contributed by atoms with Crippen molar-refractivity contribution in [3.8, 4) is 0 Å². The van der Waals surface area contributed by atoms with Crippen LogP contribution < -0.4 is 11.1 Å². The Bertz CT molecular complexity index is 1380. The van der Waals surface area contributed by atoms with E-state index >= 15 is 0 Å². The molecule has 1 amide bonds. The van der Waals surface area contributed by atoms with E-state index in [1.165, 1.54) is 36.8 Å². The predicted molar refractivity (Wildman–Crippen MR) is 123 cm³/mol. The fourth-order valence-electron chi connectivity index (χ4n) is 3.41. The zero-order valence-electron chi connectivity index (χ0n) is 18.5. The Labute approximate surface area is 193 Å². The number of aromatic nitrogens is 5. The van der Waals surface area contributed by atoms with Crippen molar-refractivity contribution in [3.63, 3.8) is 0 Å². The van der Waals surface area contributed by atoms with Gasteiger partial charge >= 0.3 is 0 Å². The summed E-state index contributed by atoms with van der Waals surface area (Å²) in [6.07, 6.45) is 6.83. The van der Waals surface area contributed by atoms with Crippen molar-refractivity contribution in [2.24, 2.45) is 0 Å². The molecular weight excluding hydrogens is 441 g/mol. The van der Waals surface area contributed by atoms with E-state index in [0.29, 0.717) is 28.0 Å². The van der Waals surface area contributed by atoms with E-state index in [9.17, 15) is 19.1 Å². The van der Waals surface area contributed by atoms with Crippen LogP contribution in [0, 0.1) is 5.82 Å². The van der Waals surface area contributed by atoms with E-state index in [2.05, 4.69) is 25.3 Å². The normalized spacial score (nSPS) is 11.5. The van der Waals surface area contributed by atoms with Gasteiger partial charge in [-0.25, -0.2) is 9.37 Å². The number of pyridine rings is 2. The summed E-state index contributed by atoms with van der Waals surface area (Å²) in [4.78, 5) is 41.9. The molecule has 4 N–H and O–H groups in total. The first-order valence-electron chi connectivity index (χ1n) is 10.3. The van der Waals surface area contributed by atoms with Crippen LogP contribution in [0.25, 0.3) is 11.0 Å². The van der Waals surface area contributed by atoms with Crippen molar-refractivity contribution in [1.82, 2.24) is 24.5 Å². The fourth-order valence-corrected chi connectivity index (χ4v) is 3.41. The second kappa shape index (κ2) is 8.94. The minimum absolute atomic E-state index is 0.0432. The number of aliphatic hydroxyl groups excluding tert-OH is 1. The number of rotatable bonds is 7. The van der Waals surface area contributed by atoms with Gasteiger partial charge in [0, 0.05) is 35.2 Å². The molecule has 0 aliphatic heterocycles. The zero-order valence-corrected chi connectivity index (χ0v) is 18.5. The fraction of sp³-hybridized carbons (Fsp3) is 0.217. The number of halogens is 1. The Morgan fingerprint density at radius 3 is 2.68 bits per heavy atom. The van der Waals surface area contributed by atoms with Gasteiger partial charge in [0.05, 0.1) is 42.2 Å². The van der Waals surface area contributed by atoms with Gasteiger partial charge in [0.15, 0.2) is 5.78 Å². The molecule has 0 atom stereocenters. The second-order valence-corrected chi connectivity index (χ2v) is 8.33. The number of nitrogens with two attached hydrogens (primary N) is 1. The molecular formula is C23H22FN7O3. The number of hydrogen-bond donors (Lipinski definition) is 3. The molecule has 11 heteroatoms. The molecule has 0 aromatic carbocycles. The minimum Gasteiger partial charge on any atom is -0.394 e. The average Bonchev–Trinajstić information content (AvgIpc) is 3.19. The van der Waals surface area contributed by atoms with Gasteiger partial charge in [0.1, 0.15) is 11.5 Å². The smallest absolute Gasteiger partial charge is 0.230 e. The lowest BCUT2D eigenvalue weighted by Crippen LogP contribution is -2.30. The topological polar surface area (TPSA) is 149 Å². The van der Waals surface area contributed by atoms with Gasteiger partial charge in [0.2, 0.25) is 11.9 Å². The van der Waals surface area contributed by atoms with Crippen LogP contribution in [0.4, 0.5) is 16.0 Å². The molecule has 4 aromatic rings. The number of nitrogens with one attached hydrogen (secondary N) is 1. The van der Waals surface area contributed by atoms with E-state index in [1.54, 1.807) is 24.6 Å². The molecule has 174 valence electrons. The molecule has 4 heterocycles. The molecule has 0 spiro atoms. The van der Waals surface area contributed by atoms with Crippen LogP contribution in [0.5, 0.6) is 0 Å². The third-order valence-corrected chi connectivity index (χ3v) is 5.26. The van der Waals surface area contributed by atoms with Gasteiger partial charge in [-0.1, -0.05) is 0 Å². The number of carbonyl (C=O) groups excluding carboxylic acids is 2. The maximum absolute atomic E-state index is 13.4. The standard InChI is InChI=1S/C23H22FN7O3/c1-23(2,12-32)31-11-18(17-10-28-22(25)30-21(17)31)20(34)13-5-16(9-26-7-13)29-19(33)6-15-4-3-14(24)8-27-15/h3-5,7-11,32H,6,12H2,1-2H3,(H,29,33)(H2,25,28,30). The van der Waals surface area contributed by atoms with Gasteiger partial charge in [-0.3, -0.25) is 19.6 Å². The predicted octanol–water partition coefficient (Wildman–Crippen LogP) is 2.08. The number of hydrogen-bond acceptors (Lipinski definition) is 8. The van der Waals surface area contributed by atoms with Gasteiger partial charge in [-0.05, 0) is 32.0 Å². The van der Waals surface area contributed by atoms with Crippen molar-refractivity contribution in [3.05, 3.63) is 71.8 Å². The molecule has 0 fully saturated rings. The quantitative estimate of drug-likeness (QED) is 0.353. The molecule has 0 saturated carbocycles. The third-order valence-electron chi connectivity index (χ3n) is 5.26. The van der Waals surface area contributed by atoms with E-state index in [4.69, 9.17) is 5.73 Å². The maximum atomic E-state index is 13.4. The molecule has 0 radical (unpaired) electrons. The van der Waals surface area contributed by atoms with E-state index in [1.807, 2.05) is 0 Å². The van der Waals surface area contributed by atoms with E-state index in [0.717, 1.165) is 6.20 Å². The highest BCUT2D eigenvalue weighted by Crippen LogP contribution is 2.28. The molecule has 4 rings (SSSR count). The summed E-state index contributed by atoms with van der Waals surface area (Å²) in [5, 5.41) is 13.0. The number of fused-ring (bicyclic) bond motifs is 1. The number of amides is 1. The monoisotopic (exact) mass is 463 g/mol. The van der Waals surface area contributed by atoms with Crippen molar-refractivity contribution >= 4 is 34.4 Å². The number of aliphatic hydroxyl groups is 1. The number of anilines is 2. The Balaban J connectivity index is 1.62. The molecule has 4 aromatic heterocycles. The summed E-state index contributed by atoms with van der Waals surface area (Å²) < 4.78 is 14.7. The van der Waals surface area contributed by atoms with Gasteiger partial charge in [-0.2, -0.15) is 4.98 Å². The van der Waals surface area contributed by atoms with Gasteiger partial charge in [0.25, 0.3) is 0 Å². The lowest BCUT2D eigenvalue weighted by Gasteiger charge is -2.24. The largest absolute Gasteiger partial charge is 0.394 e. The van der Waals surface area contributed by atoms with Gasteiger partial charge in [-0.15, -0.1) is 0 Å². The van der Waals surface area contributed by atoms with Crippen molar-refractivity contribution < 1.29 is 19.1 Å². The Hall–Kier alpha value is -4.25. The Kier molecular flexibility index (Phi) is 6.03. The van der Waals surface area contributed by atoms with Crippen LogP contribution >= 0.6 is 0 Å². The molecule has 0 aliphatic rings. The van der Waals surface area contributed by atoms with Crippen LogP contribution in [0.3, 0.4) is 0 Å². The molecule has 34 heavy (non-hydrogen) atoms. The lowest BCUT2D eigenvalue weighted by molar-refractivity contribution is -0.115. The summed E-state index contributed by atoms with van der Waals surface area (Å²) in [5.74, 6) is -1.21. The summed E-state index contributed by atoms with van der Waals surface area (Å²) >= 11 is 0. The maximum Gasteiger partial charge on any atom is 0.230 e. The van der Waals surface area contributed by atoms with Gasteiger partial charge < -0.3 is 20.7 Å². The van der Waals surface area contributed by atoms with Crippen LogP contribution in [0.1, 0.15) is 35.5 Å². The van der Waals surface area contributed by atoms with Crippen LogP contribution in [-0.4, -0.2) is 47.9 Å². The highest BCUT2D eigenvalue weighted by Gasteiger charge is 2.26. The first kappa shape index (κ1) is 22.9. The summed E-state index contributed by atoms with van der Waals surface area (Å²) in [5.41, 5.74) is 6.67. The van der Waals surface area contributed by atoms with Crippen molar-refractivity contribution in [1.29, 1.82) is 0 Å². The number of nitrogen functional groups attached to an aromatic ring is 1. The molecule has 0 unspecified atom stereocenters. The summed E-state index contributed by atoms with van der Waals surface area (Å²) in [7, 11) is 0. The summed E-state index contributed by atoms with van der Waals surface area (Å²) in [6, 6.07) is 4.15. The lowest BCUT2D eigenvalue weighted by atomic mass is 10.1. The SMILES string of the molecule is CC(C)(CO)n1cc(C(=O)c2cncc(NC(=O)Cc3ccc(F)cn3)c2)c2cnc(N)nc21. The Morgan fingerprint density at radius 2 is 1.97 bits per heavy atom. The van der Waals surface area contributed by atoms with Crippen LogP contribution in [-0.2, 0) is 16.8 Å². The molecule has 0 bridgehead atoms. The van der Waals surface area contributed by atoms with Crippen LogP contribution in [0.2, 0.25) is 0 Å². The first-order valence-corrected chi connectivity index (χ1v) is 10.3. The average molecular weight is 463 g/mol. The molecule has 0 saturated heterocycles. The van der Waals surface area contributed by atoms with E-state index in [-0.39, 0.29) is 30.3 Å². The number of ketones is 1. The van der Waals surface area contributed by atoms with E-state index < -0.39 is 17.3 Å². The number of carbonyl (C=O) groups is 2. The first-order chi connectivity index (χ1) is 16.2. The van der Waals surface area contributed by atoms with Crippen molar-refractivity contribution in [2.75, 3.05) is 17.7 Å². The highest BCUT2D eigenvalue weighted by atomic mass is 19.1. The number of nitrogens with zero attached hydrogens (tertiary/aromatic N) is 5. The highest BCUT2D eigenvalue weighted by molar-refractivity contribution is 6.16.